The van der Waals surface area contributed by atoms with Gasteiger partial charge in [-0.1, -0.05) is 65.2 Å². The van der Waals surface area contributed by atoms with Crippen LogP contribution in [0.3, 0.4) is 0 Å². The van der Waals surface area contributed by atoms with E-state index >= 15 is 0 Å². The lowest BCUT2D eigenvalue weighted by atomic mass is 10.1. The van der Waals surface area contributed by atoms with Gasteiger partial charge in [0.05, 0.1) is 6.61 Å². The quantitative estimate of drug-likeness (QED) is 0.147. The van der Waals surface area contributed by atoms with Crippen LogP contribution in [0.4, 0.5) is 4.79 Å². The summed E-state index contributed by atoms with van der Waals surface area (Å²) in [6.45, 7) is 15.0. The molecule has 0 radical (unpaired) electrons. The van der Waals surface area contributed by atoms with E-state index in [-0.39, 0.29) is 18.0 Å². The molecule has 1 aliphatic heterocycles. The average Bonchev–Trinajstić information content (AvgIpc) is 2.87. The molecule has 0 aromatic carbocycles. The Morgan fingerprint density at radius 2 is 1.24 bits per heavy atom. The fraction of sp³-hybridized carbons (Fsp3) is 0.900. The van der Waals surface area contributed by atoms with Gasteiger partial charge in [0.1, 0.15) is 5.60 Å². The molecule has 38 heavy (non-hydrogen) atoms. The molecule has 0 spiro atoms. The van der Waals surface area contributed by atoms with Crippen molar-refractivity contribution in [3.8, 4) is 0 Å². The van der Waals surface area contributed by atoms with E-state index < -0.39 is 5.60 Å². The normalized spacial score (nSPS) is 14.2. The summed E-state index contributed by atoms with van der Waals surface area (Å²) in [5.41, 5.74) is -0.519. The van der Waals surface area contributed by atoms with Gasteiger partial charge in [0.2, 0.25) is 5.91 Å². The number of unbranched alkanes of at least 4 members (excludes halogenated alkanes) is 8. The van der Waals surface area contributed by atoms with Gasteiger partial charge in [-0.15, -0.1) is 0 Å². The Kier molecular flexibility index (Phi) is 18.1. The number of esters is 1. The van der Waals surface area contributed by atoms with Crippen molar-refractivity contribution in [3.05, 3.63) is 0 Å². The number of amides is 2. The van der Waals surface area contributed by atoms with Crippen LogP contribution >= 0.6 is 0 Å². The van der Waals surface area contributed by atoms with Crippen LogP contribution in [0, 0.1) is 0 Å². The highest BCUT2D eigenvalue weighted by atomic mass is 16.6. The minimum atomic E-state index is -0.519. The summed E-state index contributed by atoms with van der Waals surface area (Å²) in [5.74, 6) is 0.0182. The molecule has 0 N–H and O–H groups in total. The lowest BCUT2D eigenvalue weighted by Crippen LogP contribution is -2.52. The fourth-order valence-corrected chi connectivity index (χ4v) is 4.56. The molecule has 0 unspecified atom stereocenters. The molecule has 1 heterocycles. The Morgan fingerprint density at radius 1 is 0.684 bits per heavy atom. The summed E-state index contributed by atoms with van der Waals surface area (Å²) < 4.78 is 10.8. The largest absolute Gasteiger partial charge is 0.466 e. The smallest absolute Gasteiger partial charge is 0.410 e. The van der Waals surface area contributed by atoms with Crippen molar-refractivity contribution in [1.29, 1.82) is 0 Å². The van der Waals surface area contributed by atoms with Crippen molar-refractivity contribution in [2.24, 2.45) is 0 Å². The van der Waals surface area contributed by atoms with E-state index in [0.717, 1.165) is 45.2 Å². The summed E-state index contributed by atoms with van der Waals surface area (Å²) in [6, 6.07) is 0. The molecule has 1 rings (SSSR count). The van der Waals surface area contributed by atoms with Crippen LogP contribution < -0.4 is 0 Å². The lowest BCUT2D eigenvalue weighted by Gasteiger charge is -2.36. The number of hydrogen-bond acceptors (Lipinski definition) is 6. The minimum Gasteiger partial charge on any atom is -0.466 e. The van der Waals surface area contributed by atoms with Crippen molar-refractivity contribution in [3.63, 3.8) is 0 Å². The molecule has 1 fully saturated rings. The van der Waals surface area contributed by atoms with Gasteiger partial charge in [-0.05, 0) is 53.1 Å². The molecule has 0 bridgehead atoms. The fourth-order valence-electron chi connectivity index (χ4n) is 4.56. The monoisotopic (exact) mass is 539 g/mol. The molecule has 8 heteroatoms. The zero-order valence-corrected chi connectivity index (χ0v) is 25.2. The number of carbonyl (C=O) groups is 3. The average molecular weight is 540 g/mol. The summed E-state index contributed by atoms with van der Waals surface area (Å²) in [5, 5.41) is 0. The predicted molar refractivity (Wildman–Crippen MR) is 153 cm³/mol. The zero-order chi connectivity index (χ0) is 28.2. The highest BCUT2D eigenvalue weighted by molar-refractivity contribution is 5.77. The number of piperazine rings is 1. The number of carbonyl (C=O) groups excluding carboxylic acids is 3. The third-order valence-electron chi connectivity index (χ3n) is 6.87. The van der Waals surface area contributed by atoms with E-state index in [1.54, 1.807) is 4.90 Å². The van der Waals surface area contributed by atoms with Gasteiger partial charge in [-0.3, -0.25) is 9.59 Å². The number of rotatable bonds is 19. The van der Waals surface area contributed by atoms with Crippen molar-refractivity contribution >= 4 is 18.0 Å². The van der Waals surface area contributed by atoms with Crippen LogP contribution in [-0.2, 0) is 19.1 Å². The molecule has 0 atom stereocenters. The standard InChI is InChI=1S/C30H57N3O5/c1-6-8-10-11-12-13-14-19-31(20-16-17-28(35)37-26-15-9-7-2)21-18-27(34)32-22-24-33(25-23-32)29(36)38-30(3,4)5/h6-26H2,1-5H3. The van der Waals surface area contributed by atoms with E-state index in [9.17, 15) is 14.4 Å². The van der Waals surface area contributed by atoms with Gasteiger partial charge < -0.3 is 24.2 Å². The van der Waals surface area contributed by atoms with Gasteiger partial charge in [0.15, 0.2) is 0 Å². The minimum absolute atomic E-state index is 0.115. The topological polar surface area (TPSA) is 79.4 Å². The third kappa shape index (κ3) is 16.9. The third-order valence-corrected chi connectivity index (χ3v) is 6.87. The molecule has 2 amide bonds. The van der Waals surface area contributed by atoms with Crippen molar-refractivity contribution < 1.29 is 23.9 Å². The van der Waals surface area contributed by atoms with Gasteiger partial charge in [-0.2, -0.15) is 0 Å². The van der Waals surface area contributed by atoms with Gasteiger partial charge >= 0.3 is 12.1 Å². The van der Waals surface area contributed by atoms with Crippen LogP contribution in [-0.4, -0.2) is 90.7 Å². The Labute approximate surface area is 232 Å². The molecule has 0 aromatic rings. The maximum Gasteiger partial charge on any atom is 0.410 e. The summed E-state index contributed by atoms with van der Waals surface area (Å²) >= 11 is 0. The van der Waals surface area contributed by atoms with Crippen molar-refractivity contribution in [2.45, 2.75) is 124 Å². The second-order valence-electron chi connectivity index (χ2n) is 11.6. The lowest BCUT2D eigenvalue weighted by molar-refractivity contribution is -0.144. The second kappa shape index (κ2) is 20.1. The van der Waals surface area contributed by atoms with Gasteiger partial charge in [0, 0.05) is 45.6 Å². The first-order valence-electron chi connectivity index (χ1n) is 15.3. The Morgan fingerprint density at radius 3 is 1.87 bits per heavy atom. The second-order valence-corrected chi connectivity index (χ2v) is 11.6. The van der Waals surface area contributed by atoms with E-state index in [0.29, 0.717) is 52.2 Å². The molecule has 0 aromatic heterocycles. The van der Waals surface area contributed by atoms with Gasteiger partial charge in [0.25, 0.3) is 0 Å². The molecular weight excluding hydrogens is 482 g/mol. The maximum atomic E-state index is 12.9. The highest BCUT2D eigenvalue weighted by Gasteiger charge is 2.27. The number of ether oxygens (including phenoxy) is 2. The highest BCUT2D eigenvalue weighted by Crippen LogP contribution is 2.13. The molecular formula is C30H57N3O5. The van der Waals surface area contributed by atoms with E-state index in [1.165, 1.54) is 38.5 Å². The van der Waals surface area contributed by atoms with Crippen LogP contribution in [0.25, 0.3) is 0 Å². The van der Waals surface area contributed by atoms with E-state index in [1.807, 2.05) is 25.7 Å². The number of nitrogens with zero attached hydrogens (tertiary/aromatic N) is 3. The summed E-state index contributed by atoms with van der Waals surface area (Å²) in [7, 11) is 0. The zero-order valence-electron chi connectivity index (χ0n) is 25.2. The van der Waals surface area contributed by atoms with E-state index in [4.69, 9.17) is 9.47 Å². The molecule has 0 aliphatic carbocycles. The van der Waals surface area contributed by atoms with Crippen LogP contribution in [0.2, 0.25) is 0 Å². The molecule has 1 aliphatic rings. The first kappa shape index (κ1) is 34.2. The van der Waals surface area contributed by atoms with Crippen LogP contribution in [0.15, 0.2) is 0 Å². The van der Waals surface area contributed by atoms with E-state index in [2.05, 4.69) is 18.7 Å². The predicted octanol–water partition coefficient (Wildman–Crippen LogP) is 6.02. The molecule has 222 valence electrons. The molecule has 1 saturated heterocycles. The first-order chi connectivity index (χ1) is 18.2. The summed E-state index contributed by atoms with van der Waals surface area (Å²) in [6.07, 6.45) is 13.3. The van der Waals surface area contributed by atoms with Crippen molar-refractivity contribution in [1.82, 2.24) is 14.7 Å². The number of hydrogen-bond donors (Lipinski definition) is 0. The maximum absolute atomic E-state index is 12.9. The molecule has 0 saturated carbocycles. The van der Waals surface area contributed by atoms with Crippen molar-refractivity contribution in [2.75, 3.05) is 52.4 Å². The van der Waals surface area contributed by atoms with Gasteiger partial charge in [-0.25, -0.2) is 4.79 Å². The Bertz CT molecular complexity index is 657. The Balaban J connectivity index is 2.43. The van der Waals surface area contributed by atoms with Crippen LogP contribution in [0.5, 0.6) is 0 Å². The molecule has 8 nitrogen and oxygen atoms in total. The Hall–Kier alpha value is -1.83. The summed E-state index contributed by atoms with van der Waals surface area (Å²) in [4.78, 5) is 43.2. The SMILES string of the molecule is CCCCCCCCCN(CCCC(=O)OCCCCC)CCC(=O)N1CCN(C(=O)OC(C)(C)C)CC1. The first-order valence-corrected chi connectivity index (χ1v) is 15.3. The van der Waals surface area contributed by atoms with Crippen LogP contribution in [0.1, 0.15) is 118 Å².